The van der Waals surface area contributed by atoms with Crippen LogP contribution < -0.4 is 11.1 Å². The van der Waals surface area contributed by atoms with Crippen LogP contribution in [0.2, 0.25) is 0 Å². The number of thioether (sulfide) groups is 1. The first-order valence-electron chi connectivity index (χ1n) is 9.04. The second-order valence-electron chi connectivity index (χ2n) is 6.62. The molecule has 1 atom stereocenters. The number of oxazole rings is 1. The molecule has 2 heterocycles. The quantitative estimate of drug-likeness (QED) is 0.642. The van der Waals surface area contributed by atoms with Gasteiger partial charge in [0, 0.05) is 18.0 Å². The fourth-order valence-electron chi connectivity index (χ4n) is 3.29. The van der Waals surface area contributed by atoms with Crippen LogP contribution in [0.25, 0.3) is 11.1 Å². The van der Waals surface area contributed by atoms with Gasteiger partial charge in [0.15, 0.2) is 5.58 Å². The van der Waals surface area contributed by atoms with Gasteiger partial charge in [-0.3, -0.25) is 4.79 Å². The number of carbonyl (C=O) groups is 2. The Hall–Kier alpha value is -3.00. The van der Waals surface area contributed by atoms with Crippen LogP contribution in [0.3, 0.4) is 0 Å². The van der Waals surface area contributed by atoms with Crippen LogP contribution in [0.1, 0.15) is 18.4 Å². The number of primary amides is 1. The van der Waals surface area contributed by atoms with Gasteiger partial charge >= 0.3 is 6.03 Å². The summed E-state index contributed by atoms with van der Waals surface area (Å²) in [5.74, 6) is 0.528. The fraction of sp³-hybridized carbons (Fsp3) is 0.250. The number of fused-ring (bicyclic) bond motifs is 1. The van der Waals surface area contributed by atoms with Crippen molar-refractivity contribution in [1.82, 2.24) is 9.88 Å². The van der Waals surface area contributed by atoms with E-state index in [-0.39, 0.29) is 5.91 Å². The number of carbonyl (C=O) groups excluding carboxylic acids is 2. The topological polar surface area (TPSA) is 101 Å². The number of urea groups is 1. The highest BCUT2D eigenvalue weighted by molar-refractivity contribution is 7.98. The Kier molecular flexibility index (Phi) is 5.21. The third-order valence-electron chi connectivity index (χ3n) is 4.68. The van der Waals surface area contributed by atoms with E-state index in [1.54, 1.807) is 18.2 Å². The van der Waals surface area contributed by atoms with Gasteiger partial charge in [0.25, 0.3) is 5.22 Å². The zero-order valence-corrected chi connectivity index (χ0v) is 15.9. The number of aromatic nitrogens is 1. The Morgan fingerprint density at radius 2 is 2.07 bits per heavy atom. The third kappa shape index (κ3) is 3.96. The van der Waals surface area contributed by atoms with E-state index < -0.39 is 12.1 Å². The van der Waals surface area contributed by atoms with E-state index in [0.29, 0.717) is 35.0 Å². The lowest BCUT2D eigenvalue weighted by atomic mass is 10.2. The highest BCUT2D eigenvalue weighted by Crippen LogP contribution is 2.28. The fourth-order valence-corrected chi connectivity index (χ4v) is 4.09. The average molecular weight is 396 g/mol. The number of amides is 3. The van der Waals surface area contributed by atoms with Crippen LogP contribution in [0.5, 0.6) is 0 Å². The molecule has 2 aromatic carbocycles. The zero-order chi connectivity index (χ0) is 19.5. The zero-order valence-electron chi connectivity index (χ0n) is 15.1. The Bertz CT molecular complexity index is 1010. The number of anilines is 1. The van der Waals surface area contributed by atoms with Crippen LogP contribution in [-0.4, -0.2) is 34.4 Å². The molecule has 1 saturated heterocycles. The van der Waals surface area contributed by atoms with Gasteiger partial charge in [-0.2, -0.15) is 0 Å². The lowest BCUT2D eigenvalue weighted by Crippen LogP contribution is -2.45. The van der Waals surface area contributed by atoms with E-state index in [4.69, 9.17) is 10.2 Å². The molecule has 0 aliphatic carbocycles. The number of nitrogens with one attached hydrogen (secondary N) is 1. The molecule has 1 aromatic heterocycles. The molecule has 28 heavy (non-hydrogen) atoms. The number of likely N-dealkylation sites (tertiary alicyclic amines) is 1. The van der Waals surface area contributed by atoms with Gasteiger partial charge in [-0.1, -0.05) is 42.1 Å². The second-order valence-corrected chi connectivity index (χ2v) is 7.54. The molecular formula is C20H20N4O3S. The molecule has 0 spiro atoms. The van der Waals surface area contributed by atoms with E-state index in [2.05, 4.69) is 22.4 Å². The molecule has 1 fully saturated rings. The van der Waals surface area contributed by atoms with Gasteiger partial charge in [-0.05, 0) is 36.6 Å². The van der Waals surface area contributed by atoms with Crippen LogP contribution >= 0.6 is 11.8 Å². The van der Waals surface area contributed by atoms with Crippen LogP contribution in [0, 0.1) is 0 Å². The van der Waals surface area contributed by atoms with E-state index in [0.717, 1.165) is 12.2 Å². The van der Waals surface area contributed by atoms with Gasteiger partial charge in [0.1, 0.15) is 11.6 Å². The highest BCUT2D eigenvalue weighted by atomic mass is 32.2. The van der Waals surface area contributed by atoms with Gasteiger partial charge in [0.2, 0.25) is 5.91 Å². The Morgan fingerprint density at radius 3 is 2.86 bits per heavy atom. The number of nitrogens with two attached hydrogens (primary N) is 1. The summed E-state index contributed by atoms with van der Waals surface area (Å²) in [6.07, 6.45) is 1.38. The largest absolute Gasteiger partial charge is 0.431 e. The van der Waals surface area contributed by atoms with Crippen LogP contribution in [-0.2, 0) is 10.5 Å². The number of benzene rings is 2. The predicted molar refractivity (Wildman–Crippen MR) is 108 cm³/mol. The van der Waals surface area contributed by atoms with Gasteiger partial charge in [0.05, 0.1) is 0 Å². The number of nitrogens with zero attached hydrogens (tertiary/aromatic N) is 2. The number of hydrogen-bond acceptors (Lipinski definition) is 5. The van der Waals surface area contributed by atoms with Crippen molar-refractivity contribution in [3.63, 3.8) is 0 Å². The van der Waals surface area contributed by atoms with Crippen molar-refractivity contribution in [1.29, 1.82) is 0 Å². The first kappa shape index (κ1) is 18.4. The highest BCUT2D eigenvalue weighted by Gasteiger charge is 2.33. The maximum atomic E-state index is 12.5. The van der Waals surface area contributed by atoms with Crippen molar-refractivity contribution in [3.05, 3.63) is 54.1 Å². The molecule has 3 amide bonds. The Balaban J connectivity index is 1.44. The van der Waals surface area contributed by atoms with Crippen molar-refractivity contribution >= 4 is 40.5 Å². The maximum Gasteiger partial charge on any atom is 0.315 e. The van der Waals surface area contributed by atoms with E-state index in [1.165, 1.54) is 22.2 Å². The van der Waals surface area contributed by atoms with Crippen molar-refractivity contribution < 1.29 is 14.0 Å². The SMILES string of the molecule is NC(=O)N1CCC[C@H]1C(=O)Nc1ccc2oc(SCc3ccccc3)nc2c1. The summed E-state index contributed by atoms with van der Waals surface area (Å²) < 4.78 is 5.77. The van der Waals surface area contributed by atoms with Crippen molar-refractivity contribution in [2.24, 2.45) is 5.73 Å². The van der Waals surface area contributed by atoms with E-state index in [1.807, 2.05) is 18.2 Å². The number of rotatable bonds is 5. The average Bonchev–Trinajstić information content (AvgIpc) is 3.34. The van der Waals surface area contributed by atoms with Crippen LogP contribution in [0.4, 0.5) is 10.5 Å². The molecule has 7 nitrogen and oxygen atoms in total. The van der Waals surface area contributed by atoms with Gasteiger partial charge in [-0.25, -0.2) is 9.78 Å². The molecule has 8 heteroatoms. The van der Waals surface area contributed by atoms with Crippen molar-refractivity contribution in [2.45, 2.75) is 29.9 Å². The molecule has 1 aliphatic heterocycles. The summed E-state index contributed by atoms with van der Waals surface area (Å²) in [5.41, 5.74) is 8.49. The number of hydrogen-bond donors (Lipinski definition) is 2. The third-order valence-corrected chi connectivity index (χ3v) is 5.58. The van der Waals surface area contributed by atoms with Crippen LogP contribution in [0.15, 0.2) is 58.2 Å². The first-order chi connectivity index (χ1) is 13.6. The molecule has 0 saturated carbocycles. The standard InChI is InChI=1S/C20H20N4O3S/c21-19(26)24-10-4-7-16(24)18(25)22-14-8-9-17-15(11-14)23-20(27-17)28-12-13-5-2-1-3-6-13/h1-3,5-6,8-9,11,16H,4,7,10,12H2,(H2,21,26)(H,22,25)/t16-/m0/s1. The minimum atomic E-state index is -0.565. The molecule has 0 bridgehead atoms. The molecule has 144 valence electrons. The minimum Gasteiger partial charge on any atom is -0.431 e. The molecule has 3 aromatic rings. The Labute approximate surface area is 166 Å². The summed E-state index contributed by atoms with van der Waals surface area (Å²) in [5, 5.41) is 3.43. The summed E-state index contributed by atoms with van der Waals surface area (Å²) in [6.45, 7) is 0.512. The first-order valence-corrected chi connectivity index (χ1v) is 10.0. The monoisotopic (exact) mass is 396 g/mol. The molecule has 4 rings (SSSR count). The van der Waals surface area contributed by atoms with E-state index in [9.17, 15) is 9.59 Å². The van der Waals surface area contributed by atoms with E-state index >= 15 is 0 Å². The smallest absolute Gasteiger partial charge is 0.315 e. The molecule has 0 radical (unpaired) electrons. The summed E-state index contributed by atoms with van der Waals surface area (Å²) in [6, 6.07) is 14.3. The lowest BCUT2D eigenvalue weighted by molar-refractivity contribution is -0.119. The lowest BCUT2D eigenvalue weighted by Gasteiger charge is -2.21. The predicted octanol–water partition coefficient (Wildman–Crippen LogP) is 3.60. The maximum absolute atomic E-state index is 12.5. The summed E-state index contributed by atoms with van der Waals surface area (Å²) >= 11 is 1.52. The van der Waals surface area contributed by atoms with Gasteiger partial charge < -0.3 is 20.4 Å². The van der Waals surface area contributed by atoms with Gasteiger partial charge in [-0.15, -0.1) is 0 Å². The molecule has 0 unspecified atom stereocenters. The molecule has 1 aliphatic rings. The molecular weight excluding hydrogens is 376 g/mol. The second kappa shape index (κ2) is 7.93. The van der Waals surface area contributed by atoms with Crippen molar-refractivity contribution in [3.8, 4) is 0 Å². The minimum absolute atomic E-state index is 0.238. The molecule has 3 N–H and O–H groups in total. The summed E-state index contributed by atoms with van der Waals surface area (Å²) in [4.78, 5) is 29.9. The normalized spacial score (nSPS) is 16.4. The Morgan fingerprint density at radius 1 is 1.25 bits per heavy atom. The summed E-state index contributed by atoms with van der Waals surface area (Å²) in [7, 11) is 0. The van der Waals surface area contributed by atoms with Crippen molar-refractivity contribution in [2.75, 3.05) is 11.9 Å².